The molecule has 1 aliphatic heterocycles. The van der Waals surface area contributed by atoms with Crippen LogP contribution in [0.2, 0.25) is 0 Å². The maximum Gasteiger partial charge on any atom is 0.0934 e. The first-order valence-corrected chi connectivity index (χ1v) is 7.18. The highest BCUT2D eigenvalue weighted by atomic mass is 16.6. The Morgan fingerprint density at radius 2 is 1.11 bits per heavy atom. The fraction of sp³-hybridized carbons (Fsp3) is 0.333. The van der Waals surface area contributed by atoms with Gasteiger partial charge in [-0.3, -0.25) is 0 Å². The number of epoxide rings is 1. The summed E-state index contributed by atoms with van der Waals surface area (Å²) in [6.07, 6.45) is 2.33. The van der Waals surface area contributed by atoms with Crippen LogP contribution in [0.3, 0.4) is 0 Å². The summed E-state index contributed by atoms with van der Waals surface area (Å²) < 4.78 is 5.86. The highest BCUT2D eigenvalue weighted by Crippen LogP contribution is 2.57. The monoisotopic (exact) mass is 248 g/mol. The molecule has 94 valence electrons. The van der Waals surface area contributed by atoms with Gasteiger partial charge in [0.15, 0.2) is 0 Å². The lowest BCUT2D eigenvalue weighted by Crippen LogP contribution is -2.14. The lowest BCUT2D eigenvalue weighted by atomic mass is 9.74. The molecule has 2 aromatic carbocycles. The Balaban J connectivity index is 1.82. The van der Waals surface area contributed by atoms with Crippen molar-refractivity contribution in [1.82, 2.24) is 0 Å². The van der Waals surface area contributed by atoms with E-state index in [-0.39, 0.29) is 5.60 Å². The molecular formula is C18H16O. The van der Waals surface area contributed by atoms with Gasteiger partial charge in [-0.15, -0.1) is 0 Å². The maximum absolute atomic E-state index is 5.86. The third-order valence-corrected chi connectivity index (χ3v) is 5.20. The molecule has 4 aliphatic rings. The van der Waals surface area contributed by atoms with Gasteiger partial charge in [0.1, 0.15) is 0 Å². The molecule has 3 aliphatic carbocycles. The van der Waals surface area contributed by atoms with E-state index in [0.29, 0.717) is 11.8 Å². The average Bonchev–Trinajstić information content (AvgIpc) is 3.26. The van der Waals surface area contributed by atoms with Crippen LogP contribution in [-0.4, -0.2) is 12.2 Å². The largest absolute Gasteiger partial charge is 0.370 e. The van der Waals surface area contributed by atoms with Crippen molar-refractivity contribution in [3.8, 4) is 0 Å². The van der Waals surface area contributed by atoms with Crippen molar-refractivity contribution in [2.24, 2.45) is 0 Å². The topological polar surface area (TPSA) is 12.5 Å². The highest BCUT2D eigenvalue weighted by Gasteiger charge is 2.53. The van der Waals surface area contributed by atoms with Crippen molar-refractivity contribution >= 4 is 0 Å². The predicted molar refractivity (Wildman–Crippen MR) is 74.5 cm³/mol. The minimum Gasteiger partial charge on any atom is -0.370 e. The molecule has 1 heterocycles. The summed E-state index contributed by atoms with van der Waals surface area (Å²) >= 11 is 0. The summed E-state index contributed by atoms with van der Waals surface area (Å²) in [6, 6.07) is 18.0. The summed E-state index contributed by atoms with van der Waals surface area (Å²) in [6.45, 7) is 0.960. The van der Waals surface area contributed by atoms with Crippen molar-refractivity contribution in [3.05, 3.63) is 70.8 Å². The molecule has 2 bridgehead atoms. The first-order valence-electron chi connectivity index (χ1n) is 7.18. The Bertz CT molecular complexity index is 567. The zero-order valence-electron chi connectivity index (χ0n) is 10.8. The van der Waals surface area contributed by atoms with Crippen molar-refractivity contribution in [3.63, 3.8) is 0 Å². The van der Waals surface area contributed by atoms with Crippen LogP contribution in [0, 0.1) is 0 Å². The van der Waals surface area contributed by atoms with Gasteiger partial charge in [-0.2, -0.15) is 0 Å². The molecule has 19 heavy (non-hydrogen) atoms. The molecule has 0 atom stereocenters. The van der Waals surface area contributed by atoms with Gasteiger partial charge in [-0.05, 0) is 35.1 Å². The molecule has 0 radical (unpaired) electrons. The SMILES string of the molecule is c1ccc2c(c1)C1CC3(CO3)CC2c2ccccc21. The van der Waals surface area contributed by atoms with Gasteiger partial charge < -0.3 is 4.74 Å². The van der Waals surface area contributed by atoms with E-state index in [4.69, 9.17) is 4.74 Å². The predicted octanol–water partition coefficient (Wildman–Crippen LogP) is 3.83. The molecule has 1 spiro atoms. The van der Waals surface area contributed by atoms with Crippen molar-refractivity contribution in [2.75, 3.05) is 6.61 Å². The first-order chi connectivity index (χ1) is 9.36. The molecule has 1 saturated heterocycles. The maximum atomic E-state index is 5.86. The second-order valence-corrected chi connectivity index (χ2v) is 6.24. The first kappa shape index (κ1) is 10.2. The summed E-state index contributed by atoms with van der Waals surface area (Å²) in [5.41, 5.74) is 6.34. The van der Waals surface area contributed by atoms with Gasteiger partial charge in [0.05, 0.1) is 12.2 Å². The van der Waals surface area contributed by atoms with Gasteiger partial charge in [-0.1, -0.05) is 48.5 Å². The summed E-state index contributed by atoms with van der Waals surface area (Å²) in [5, 5.41) is 0. The Labute approximate surface area is 113 Å². The zero-order valence-corrected chi connectivity index (χ0v) is 10.8. The smallest absolute Gasteiger partial charge is 0.0934 e. The van der Waals surface area contributed by atoms with E-state index < -0.39 is 0 Å². The van der Waals surface area contributed by atoms with Gasteiger partial charge in [-0.25, -0.2) is 0 Å². The fourth-order valence-electron chi connectivity index (χ4n) is 4.23. The molecule has 0 unspecified atom stereocenters. The van der Waals surface area contributed by atoms with Crippen molar-refractivity contribution < 1.29 is 4.74 Å². The van der Waals surface area contributed by atoms with E-state index in [1.807, 2.05) is 0 Å². The van der Waals surface area contributed by atoms with E-state index in [1.165, 1.54) is 0 Å². The Morgan fingerprint density at radius 3 is 1.42 bits per heavy atom. The van der Waals surface area contributed by atoms with E-state index in [0.717, 1.165) is 19.4 Å². The van der Waals surface area contributed by atoms with E-state index in [1.54, 1.807) is 22.3 Å². The number of rotatable bonds is 0. The summed E-state index contributed by atoms with van der Waals surface area (Å²) in [4.78, 5) is 0. The number of benzene rings is 2. The van der Waals surface area contributed by atoms with E-state index in [9.17, 15) is 0 Å². The summed E-state index contributed by atoms with van der Waals surface area (Å²) in [5.74, 6) is 1.07. The third kappa shape index (κ3) is 1.29. The number of hydrogen-bond donors (Lipinski definition) is 0. The van der Waals surface area contributed by atoms with Crippen molar-refractivity contribution in [2.45, 2.75) is 30.3 Å². The Kier molecular flexibility index (Phi) is 1.77. The number of ether oxygens (including phenoxy) is 1. The van der Waals surface area contributed by atoms with Crippen LogP contribution in [0.1, 0.15) is 46.9 Å². The minimum absolute atomic E-state index is 0.174. The Hall–Kier alpha value is -1.60. The Morgan fingerprint density at radius 1 is 0.737 bits per heavy atom. The van der Waals surface area contributed by atoms with Crippen molar-refractivity contribution in [1.29, 1.82) is 0 Å². The molecule has 0 saturated carbocycles. The molecule has 1 heteroatoms. The molecule has 1 nitrogen and oxygen atoms in total. The van der Waals surface area contributed by atoms with Crippen LogP contribution < -0.4 is 0 Å². The summed E-state index contributed by atoms with van der Waals surface area (Å²) in [7, 11) is 0. The van der Waals surface area contributed by atoms with Gasteiger partial charge >= 0.3 is 0 Å². The molecule has 2 aromatic rings. The normalized spacial score (nSPS) is 33.7. The van der Waals surface area contributed by atoms with Crippen LogP contribution in [-0.2, 0) is 4.74 Å². The standard InChI is InChI=1S/C18H16O/c1-2-6-13-12(5-1)16-9-18(11-19-18)10-17(13)15-8-4-3-7-14(15)16/h1-8,16-17H,9-11H2. The van der Waals surface area contributed by atoms with E-state index >= 15 is 0 Å². The van der Waals surface area contributed by atoms with Crippen LogP contribution in [0.5, 0.6) is 0 Å². The zero-order chi connectivity index (χ0) is 12.4. The van der Waals surface area contributed by atoms with Gasteiger partial charge in [0, 0.05) is 11.8 Å². The average molecular weight is 248 g/mol. The quantitative estimate of drug-likeness (QED) is 0.646. The minimum atomic E-state index is 0.174. The van der Waals surface area contributed by atoms with Gasteiger partial charge in [0.25, 0.3) is 0 Å². The molecule has 0 N–H and O–H groups in total. The second-order valence-electron chi connectivity index (χ2n) is 6.24. The van der Waals surface area contributed by atoms with Crippen LogP contribution in [0.25, 0.3) is 0 Å². The van der Waals surface area contributed by atoms with Gasteiger partial charge in [0.2, 0.25) is 0 Å². The van der Waals surface area contributed by atoms with Crippen LogP contribution >= 0.6 is 0 Å². The fourth-order valence-corrected chi connectivity index (χ4v) is 4.23. The molecule has 1 fully saturated rings. The highest BCUT2D eigenvalue weighted by molar-refractivity contribution is 5.54. The lowest BCUT2D eigenvalue weighted by Gasteiger charge is -2.30. The van der Waals surface area contributed by atoms with E-state index in [2.05, 4.69) is 48.5 Å². The van der Waals surface area contributed by atoms with Crippen LogP contribution in [0.15, 0.2) is 48.5 Å². The lowest BCUT2D eigenvalue weighted by molar-refractivity contribution is 0.270. The van der Waals surface area contributed by atoms with Crippen LogP contribution in [0.4, 0.5) is 0 Å². The molecule has 6 rings (SSSR count). The molecule has 0 amide bonds. The number of hydrogen-bond acceptors (Lipinski definition) is 1. The molecule has 0 aromatic heterocycles. The third-order valence-electron chi connectivity index (χ3n) is 5.20. The molecular weight excluding hydrogens is 232 g/mol. The second kappa shape index (κ2) is 3.29.